The fourth-order valence-electron chi connectivity index (χ4n) is 2.73. The molecule has 0 saturated carbocycles. The van der Waals surface area contributed by atoms with Crippen LogP contribution in [0.2, 0.25) is 0 Å². The van der Waals surface area contributed by atoms with Crippen LogP contribution in [0.15, 0.2) is 54.6 Å². The van der Waals surface area contributed by atoms with Crippen LogP contribution < -0.4 is 0 Å². The maximum absolute atomic E-state index is 9.36. The SMILES string of the molecule is CC(CO)c1cccc(C2(c3ccccc3)OCCO2)c1. The van der Waals surface area contributed by atoms with Crippen molar-refractivity contribution in [1.82, 2.24) is 0 Å². The van der Waals surface area contributed by atoms with Crippen molar-refractivity contribution in [3.05, 3.63) is 71.3 Å². The molecule has 1 unspecified atom stereocenters. The molecule has 0 radical (unpaired) electrons. The molecule has 0 aromatic heterocycles. The molecule has 1 aliphatic rings. The monoisotopic (exact) mass is 284 g/mol. The molecular formula is C18H20O3. The Morgan fingerprint density at radius 2 is 1.67 bits per heavy atom. The van der Waals surface area contributed by atoms with Crippen LogP contribution >= 0.6 is 0 Å². The third-order valence-electron chi connectivity index (χ3n) is 3.96. The van der Waals surface area contributed by atoms with Crippen LogP contribution in [-0.4, -0.2) is 24.9 Å². The Kier molecular flexibility index (Phi) is 4.06. The molecule has 1 fully saturated rings. The first kappa shape index (κ1) is 14.3. The molecular weight excluding hydrogens is 264 g/mol. The molecule has 2 aromatic carbocycles. The van der Waals surface area contributed by atoms with Gasteiger partial charge in [-0.3, -0.25) is 0 Å². The molecule has 0 aliphatic carbocycles. The van der Waals surface area contributed by atoms with Gasteiger partial charge in [0.25, 0.3) is 0 Å². The average molecular weight is 284 g/mol. The number of hydrogen-bond acceptors (Lipinski definition) is 3. The number of hydrogen-bond donors (Lipinski definition) is 1. The fourth-order valence-corrected chi connectivity index (χ4v) is 2.73. The Morgan fingerprint density at radius 3 is 2.33 bits per heavy atom. The zero-order valence-electron chi connectivity index (χ0n) is 12.2. The van der Waals surface area contributed by atoms with E-state index in [0.29, 0.717) is 13.2 Å². The van der Waals surface area contributed by atoms with Gasteiger partial charge >= 0.3 is 0 Å². The molecule has 21 heavy (non-hydrogen) atoms. The highest BCUT2D eigenvalue weighted by atomic mass is 16.7. The highest BCUT2D eigenvalue weighted by molar-refractivity contribution is 5.37. The molecule has 3 rings (SSSR count). The Morgan fingerprint density at radius 1 is 1.00 bits per heavy atom. The van der Waals surface area contributed by atoms with E-state index in [2.05, 4.69) is 6.07 Å². The third-order valence-corrected chi connectivity index (χ3v) is 3.96. The van der Waals surface area contributed by atoms with Crippen molar-refractivity contribution in [1.29, 1.82) is 0 Å². The normalized spacial score (nSPS) is 18.6. The van der Waals surface area contributed by atoms with E-state index in [1.165, 1.54) is 0 Å². The molecule has 1 saturated heterocycles. The molecule has 3 nitrogen and oxygen atoms in total. The third kappa shape index (κ3) is 2.60. The van der Waals surface area contributed by atoms with Crippen LogP contribution in [-0.2, 0) is 15.3 Å². The van der Waals surface area contributed by atoms with Crippen LogP contribution in [0.3, 0.4) is 0 Å². The van der Waals surface area contributed by atoms with Gasteiger partial charge < -0.3 is 14.6 Å². The Bertz CT molecular complexity index is 588. The number of aliphatic hydroxyl groups is 1. The summed E-state index contributed by atoms with van der Waals surface area (Å²) < 4.78 is 12.0. The van der Waals surface area contributed by atoms with Crippen LogP contribution in [0.5, 0.6) is 0 Å². The second-order valence-electron chi connectivity index (χ2n) is 5.39. The Hall–Kier alpha value is -1.68. The van der Waals surface area contributed by atoms with E-state index in [-0.39, 0.29) is 12.5 Å². The molecule has 1 N–H and O–H groups in total. The summed E-state index contributed by atoms with van der Waals surface area (Å²) in [6.45, 7) is 3.29. The lowest BCUT2D eigenvalue weighted by molar-refractivity contribution is -0.129. The van der Waals surface area contributed by atoms with Gasteiger partial charge in [0.1, 0.15) is 0 Å². The van der Waals surface area contributed by atoms with Gasteiger partial charge in [-0.1, -0.05) is 55.5 Å². The van der Waals surface area contributed by atoms with Crippen LogP contribution in [0.4, 0.5) is 0 Å². The molecule has 0 spiro atoms. The smallest absolute Gasteiger partial charge is 0.222 e. The topological polar surface area (TPSA) is 38.7 Å². The van der Waals surface area contributed by atoms with E-state index >= 15 is 0 Å². The second-order valence-corrected chi connectivity index (χ2v) is 5.39. The van der Waals surface area contributed by atoms with Crippen molar-refractivity contribution in [3.63, 3.8) is 0 Å². The van der Waals surface area contributed by atoms with E-state index in [1.807, 2.05) is 55.5 Å². The minimum atomic E-state index is -0.827. The van der Waals surface area contributed by atoms with E-state index in [9.17, 15) is 5.11 Å². The zero-order chi connectivity index (χ0) is 14.7. The molecule has 0 amide bonds. The standard InChI is InChI=1S/C18H20O3/c1-14(13-19)15-6-5-9-17(12-15)18(20-10-11-21-18)16-7-3-2-4-8-16/h2-9,12,14,19H,10-11,13H2,1H3. The summed E-state index contributed by atoms with van der Waals surface area (Å²) in [5.74, 6) is -0.730. The average Bonchev–Trinajstić information content (AvgIpc) is 3.06. The van der Waals surface area contributed by atoms with E-state index in [4.69, 9.17) is 9.47 Å². The molecule has 2 aromatic rings. The maximum atomic E-state index is 9.36. The largest absolute Gasteiger partial charge is 0.396 e. The highest BCUT2D eigenvalue weighted by Gasteiger charge is 2.40. The van der Waals surface area contributed by atoms with Crippen molar-refractivity contribution in [3.8, 4) is 0 Å². The van der Waals surface area contributed by atoms with Gasteiger partial charge in [-0.05, 0) is 11.6 Å². The molecule has 3 heteroatoms. The molecule has 110 valence electrons. The number of ether oxygens (including phenoxy) is 2. The Balaban J connectivity index is 2.06. The first-order valence-corrected chi connectivity index (χ1v) is 7.31. The summed E-state index contributed by atoms with van der Waals surface area (Å²) >= 11 is 0. The lowest BCUT2D eigenvalue weighted by Crippen LogP contribution is -2.28. The maximum Gasteiger partial charge on any atom is 0.222 e. The van der Waals surface area contributed by atoms with Gasteiger partial charge in [-0.15, -0.1) is 0 Å². The van der Waals surface area contributed by atoms with Gasteiger partial charge in [0.2, 0.25) is 5.79 Å². The zero-order valence-corrected chi connectivity index (χ0v) is 12.2. The van der Waals surface area contributed by atoms with Crippen molar-refractivity contribution in [2.24, 2.45) is 0 Å². The summed E-state index contributed by atoms with van der Waals surface area (Å²) in [7, 11) is 0. The van der Waals surface area contributed by atoms with Crippen molar-refractivity contribution in [2.75, 3.05) is 19.8 Å². The first-order chi connectivity index (χ1) is 10.3. The summed E-state index contributed by atoms with van der Waals surface area (Å²) in [6, 6.07) is 18.1. The van der Waals surface area contributed by atoms with Gasteiger partial charge in [0.05, 0.1) is 13.2 Å². The fraction of sp³-hybridized carbons (Fsp3) is 0.333. The predicted molar refractivity (Wildman–Crippen MR) is 81.1 cm³/mol. The van der Waals surface area contributed by atoms with Crippen LogP contribution in [0.1, 0.15) is 29.5 Å². The highest BCUT2D eigenvalue weighted by Crippen LogP contribution is 2.39. The number of benzene rings is 2. The van der Waals surface area contributed by atoms with E-state index in [1.54, 1.807) is 0 Å². The minimum absolute atomic E-state index is 0.0965. The quantitative estimate of drug-likeness (QED) is 0.938. The summed E-state index contributed by atoms with van der Waals surface area (Å²) in [6.07, 6.45) is 0. The van der Waals surface area contributed by atoms with Gasteiger partial charge in [-0.2, -0.15) is 0 Å². The predicted octanol–water partition coefficient (Wildman–Crippen LogP) is 3.03. The van der Waals surface area contributed by atoms with Crippen molar-refractivity contribution >= 4 is 0 Å². The second kappa shape index (κ2) is 5.98. The Labute approximate surface area is 125 Å². The molecule has 1 atom stereocenters. The first-order valence-electron chi connectivity index (χ1n) is 7.31. The molecule has 1 heterocycles. The number of aliphatic hydroxyl groups excluding tert-OH is 1. The molecule has 0 bridgehead atoms. The van der Waals surface area contributed by atoms with Crippen molar-refractivity contribution < 1.29 is 14.6 Å². The van der Waals surface area contributed by atoms with Gasteiger partial charge in [0, 0.05) is 23.7 Å². The lowest BCUT2D eigenvalue weighted by Gasteiger charge is -2.29. The molecule has 1 aliphatic heterocycles. The summed E-state index contributed by atoms with van der Waals surface area (Å²) in [5.41, 5.74) is 3.06. The summed E-state index contributed by atoms with van der Waals surface area (Å²) in [4.78, 5) is 0. The van der Waals surface area contributed by atoms with Crippen molar-refractivity contribution in [2.45, 2.75) is 18.6 Å². The summed E-state index contributed by atoms with van der Waals surface area (Å²) in [5, 5.41) is 9.36. The van der Waals surface area contributed by atoms with Crippen LogP contribution in [0, 0.1) is 0 Å². The lowest BCUT2D eigenvalue weighted by atomic mass is 9.92. The van der Waals surface area contributed by atoms with E-state index < -0.39 is 5.79 Å². The van der Waals surface area contributed by atoms with Crippen LogP contribution in [0.25, 0.3) is 0 Å². The minimum Gasteiger partial charge on any atom is -0.396 e. The van der Waals surface area contributed by atoms with Gasteiger partial charge in [0.15, 0.2) is 0 Å². The number of rotatable bonds is 4. The van der Waals surface area contributed by atoms with Gasteiger partial charge in [-0.25, -0.2) is 0 Å². The van der Waals surface area contributed by atoms with E-state index in [0.717, 1.165) is 16.7 Å².